The van der Waals surface area contributed by atoms with Gasteiger partial charge in [-0.15, -0.1) is 0 Å². The second kappa shape index (κ2) is 8.43. The van der Waals surface area contributed by atoms with Crippen molar-refractivity contribution in [1.82, 2.24) is 10.6 Å². The van der Waals surface area contributed by atoms with Crippen LogP contribution in [-0.4, -0.2) is 19.6 Å². The summed E-state index contributed by atoms with van der Waals surface area (Å²) in [5.41, 5.74) is 3.02. The molecule has 2 N–H and O–H groups in total. The van der Waals surface area contributed by atoms with Crippen molar-refractivity contribution < 1.29 is 0 Å². The number of benzene rings is 1. The molecule has 2 heteroatoms. The Morgan fingerprint density at radius 1 is 1.30 bits per heavy atom. The Labute approximate surface area is 124 Å². The molecule has 0 fully saturated rings. The number of fused-ring (bicyclic) bond motifs is 1. The van der Waals surface area contributed by atoms with Crippen LogP contribution in [-0.2, 0) is 6.42 Å². The average Bonchev–Trinajstić information content (AvgIpc) is 2.51. The molecule has 2 atom stereocenters. The lowest BCUT2D eigenvalue weighted by atomic mass is 9.94. The standard InChI is InChI=1S/C18H30N2/c1-3-5-8-15(4-2)13-19-14-18-17-10-7-6-9-16(17)11-12-20-18/h6-7,9-10,15,18-20H,3-5,8,11-14H2,1-2H3. The van der Waals surface area contributed by atoms with Crippen molar-refractivity contribution in [2.24, 2.45) is 5.92 Å². The predicted octanol–water partition coefficient (Wildman–Crippen LogP) is 3.68. The predicted molar refractivity (Wildman–Crippen MR) is 87.1 cm³/mol. The zero-order valence-electron chi connectivity index (χ0n) is 13.1. The SMILES string of the molecule is CCCCC(CC)CNCC1NCCc2ccccc21. The van der Waals surface area contributed by atoms with Crippen molar-refractivity contribution in [1.29, 1.82) is 0 Å². The molecule has 1 heterocycles. The van der Waals surface area contributed by atoms with E-state index in [1.54, 1.807) is 0 Å². The van der Waals surface area contributed by atoms with Crippen LogP contribution in [0.2, 0.25) is 0 Å². The van der Waals surface area contributed by atoms with Gasteiger partial charge in [-0.2, -0.15) is 0 Å². The van der Waals surface area contributed by atoms with Crippen LogP contribution in [0.3, 0.4) is 0 Å². The van der Waals surface area contributed by atoms with Gasteiger partial charge in [-0.1, -0.05) is 57.4 Å². The van der Waals surface area contributed by atoms with Gasteiger partial charge in [0.25, 0.3) is 0 Å². The molecule has 2 rings (SSSR count). The number of unbranched alkanes of at least 4 members (excludes halogenated alkanes) is 1. The molecule has 1 aromatic carbocycles. The molecule has 2 nitrogen and oxygen atoms in total. The maximum absolute atomic E-state index is 3.69. The third-order valence-electron chi connectivity index (χ3n) is 4.54. The molecule has 2 unspecified atom stereocenters. The van der Waals surface area contributed by atoms with Gasteiger partial charge in [-0.05, 0) is 43.0 Å². The smallest absolute Gasteiger partial charge is 0.0449 e. The lowest BCUT2D eigenvalue weighted by Crippen LogP contribution is -2.38. The topological polar surface area (TPSA) is 24.1 Å². The number of hydrogen-bond donors (Lipinski definition) is 2. The van der Waals surface area contributed by atoms with Gasteiger partial charge < -0.3 is 10.6 Å². The van der Waals surface area contributed by atoms with E-state index in [1.807, 2.05) is 0 Å². The van der Waals surface area contributed by atoms with Crippen molar-refractivity contribution in [3.05, 3.63) is 35.4 Å². The van der Waals surface area contributed by atoms with Gasteiger partial charge in [-0.3, -0.25) is 0 Å². The summed E-state index contributed by atoms with van der Waals surface area (Å²) >= 11 is 0. The Balaban J connectivity index is 1.80. The van der Waals surface area contributed by atoms with E-state index in [9.17, 15) is 0 Å². The van der Waals surface area contributed by atoms with E-state index in [0.717, 1.165) is 25.6 Å². The minimum atomic E-state index is 0.489. The first-order valence-corrected chi connectivity index (χ1v) is 8.37. The van der Waals surface area contributed by atoms with Crippen LogP contribution in [0.25, 0.3) is 0 Å². The fourth-order valence-corrected chi connectivity index (χ4v) is 3.15. The molecule has 0 saturated heterocycles. The highest BCUT2D eigenvalue weighted by atomic mass is 15.0. The summed E-state index contributed by atoms with van der Waals surface area (Å²) in [6.45, 7) is 7.92. The average molecular weight is 274 g/mol. The second-order valence-electron chi connectivity index (χ2n) is 6.03. The summed E-state index contributed by atoms with van der Waals surface area (Å²) in [5.74, 6) is 0.841. The van der Waals surface area contributed by atoms with Crippen molar-refractivity contribution in [3.8, 4) is 0 Å². The molecule has 0 amide bonds. The molecular formula is C18H30N2. The van der Waals surface area contributed by atoms with E-state index in [4.69, 9.17) is 0 Å². The highest BCUT2D eigenvalue weighted by molar-refractivity contribution is 5.32. The van der Waals surface area contributed by atoms with Gasteiger partial charge in [0, 0.05) is 12.6 Å². The van der Waals surface area contributed by atoms with Crippen LogP contribution in [0, 0.1) is 5.92 Å². The third kappa shape index (κ3) is 4.32. The molecule has 0 radical (unpaired) electrons. The second-order valence-corrected chi connectivity index (χ2v) is 6.03. The normalized spacial score (nSPS) is 19.6. The summed E-state index contributed by atoms with van der Waals surface area (Å²) in [5, 5.41) is 7.34. The van der Waals surface area contributed by atoms with Gasteiger partial charge in [0.15, 0.2) is 0 Å². The molecule has 0 spiro atoms. The van der Waals surface area contributed by atoms with Crippen molar-refractivity contribution in [2.75, 3.05) is 19.6 Å². The van der Waals surface area contributed by atoms with Crippen LogP contribution in [0.5, 0.6) is 0 Å². The molecule has 0 bridgehead atoms. The number of rotatable bonds is 8. The van der Waals surface area contributed by atoms with Crippen molar-refractivity contribution in [3.63, 3.8) is 0 Å². The Hall–Kier alpha value is -0.860. The molecule has 1 aromatic rings. The van der Waals surface area contributed by atoms with Gasteiger partial charge in [0.05, 0.1) is 0 Å². The largest absolute Gasteiger partial charge is 0.315 e. The van der Waals surface area contributed by atoms with Crippen LogP contribution in [0.15, 0.2) is 24.3 Å². The summed E-state index contributed by atoms with van der Waals surface area (Å²) in [6.07, 6.45) is 6.51. The highest BCUT2D eigenvalue weighted by Crippen LogP contribution is 2.22. The molecular weight excluding hydrogens is 244 g/mol. The first kappa shape index (κ1) is 15.5. The summed E-state index contributed by atoms with van der Waals surface area (Å²) < 4.78 is 0. The van der Waals surface area contributed by atoms with E-state index in [1.165, 1.54) is 43.2 Å². The lowest BCUT2D eigenvalue weighted by Gasteiger charge is -2.28. The molecule has 20 heavy (non-hydrogen) atoms. The Kier molecular flexibility index (Phi) is 6.55. The van der Waals surface area contributed by atoms with Crippen molar-refractivity contribution >= 4 is 0 Å². The number of nitrogens with one attached hydrogen (secondary N) is 2. The maximum Gasteiger partial charge on any atom is 0.0449 e. The van der Waals surface area contributed by atoms with Crippen LogP contribution in [0.1, 0.15) is 56.7 Å². The fraction of sp³-hybridized carbons (Fsp3) is 0.667. The van der Waals surface area contributed by atoms with E-state index in [0.29, 0.717) is 6.04 Å². The van der Waals surface area contributed by atoms with Gasteiger partial charge in [0.2, 0.25) is 0 Å². The van der Waals surface area contributed by atoms with Crippen LogP contribution >= 0.6 is 0 Å². The molecule has 0 aliphatic carbocycles. The maximum atomic E-state index is 3.69. The van der Waals surface area contributed by atoms with E-state index < -0.39 is 0 Å². The Morgan fingerprint density at radius 3 is 2.95 bits per heavy atom. The third-order valence-corrected chi connectivity index (χ3v) is 4.54. The van der Waals surface area contributed by atoms with Gasteiger partial charge in [-0.25, -0.2) is 0 Å². The first-order chi connectivity index (χ1) is 9.85. The highest BCUT2D eigenvalue weighted by Gasteiger charge is 2.18. The molecule has 0 aromatic heterocycles. The Bertz CT molecular complexity index is 389. The van der Waals surface area contributed by atoms with E-state index in [2.05, 4.69) is 48.7 Å². The molecule has 1 aliphatic heterocycles. The van der Waals surface area contributed by atoms with Crippen LogP contribution in [0.4, 0.5) is 0 Å². The summed E-state index contributed by atoms with van der Waals surface area (Å²) in [4.78, 5) is 0. The summed E-state index contributed by atoms with van der Waals surface area (Å²) in [6, 6.07) is 9.37. The van der Waals surface area contributed by atoms with E-state index in [-0.39, 0.29) is 0 Å². The summed E-state index contributed by atoms with van der Waals surface area (Å²) in [7, 11) is 0. The first-order valence-electron chi connectivity index (χ1n) is 8.37. The Morgan fingerprint density at radius 2 is 2.15 bits per heavy atom. The van der Waals surface area contributed by atoms with Gasteiger partial charge >= 0.3 is 0 Å². The zero-order valence-corrected chi connectivity index (χ0v) is 13.1. The van der Waals surface area contributed by atoms with E-state index >= 15 is 0 Å². The minimum absolute atomic E-state index is 0.489. The minimum Gasteiger partial charge on any atom is -0.315 e. The quantitative estimate of drug-likeness (QED) is 0.755. The number of hydrogen-bond acceptors (Lipinski definition) is 2. The zero-order chi connectivity index (χ0) is 14.2. The fourth-order valence-electron chi connectivity index (χ4n) is 3.15. The monoisotopic (exact) mass is 274 g/mol. The molecule has 1 aliphatic rings. The molecule has 0 saturated carbocycles. The van der Waals surface area contributed by atoms with Crippen LogP contribution < -0.4 is 10.6 Å². The van der Waals surface area contributed by atoms with Gasteiger partial charge in [0.1, 0.15) is 0 Å². The molecule has 112 valence electrons. The lowest BCUT2D eigenvalue weighted by molar-refractivity contribution is 0.393. The van der Waals surface area contributed by atoms with Crippen molar-refractivity contribution in [2.45, 2.75) is 52.0 Å².